The van der Waals surface area contributed by atoms with Crippen molar-refractivity contribution in [3.8, 4) is 0 Å². The van der Waals surface area contributed by atoms with E-state index in [0.717, 1.165) is 13.0 Å². The fourth-order valence-corrected chi connectivity index (χ4v) is 4.68. The lowest BCUT2D eigenvalue weighted by molar-refractivity contribution is -0.146. The maximum atomic E-state index is 12.7. The molecule has 2 aliphatic heterocycles. The number of fused-ring (bicyclic) bond motifs is 1. The van der Waals surface area contributed by atoms with Gasteiger partial charge in [-0.15, -0.1) is 0 Å². The van der Waals surface area contributed by atoms with E-state index in [9.17, 15) is 14.4 Å². The van der Waals surface area contributed by atoms with Gasteiger partial charge in [0.05, 0.1) is 5.92 Å². The minimum Gasteiger partial charge on any atom is -0.351 e. The van der Waals surface area contributed by atoms with E-state index in [1.54, 1.807) is 0 Å². The molecule has 0 aromatic heterocycles. The Labute approximate surface area is 159 Å². The van der Waals surface area contributed by atoms with Gasteiger partial charge in [-0.05, 0) is 49.4 Å². The number of benzene rings is 1. The van der Waals surface area contributed by atoms with Gasteiger partial charge in [0.25, 0.3) is 0 Å². The molecule has 1 aliphatic carbocycles. The lowest BCUT2D eigenvalue weighted by Gasteiger charge is -2.37. The number of piperidine rings is 2. The van der Waals surface area contributed by atoms with Crippen LogP contribution >= 0.6 is 0 Å². The average Bonchev–Trinajstić information content (AvgIpc) is 2.69. The van der Waals surface area contributed by atoms with Crippen molar-refractivity contribution in [2.24, 2.45) is 11.8 Å². The Morgan fingerprint density at radius 2 is 1.74 bits per heavy atom. The number of hydrogen-bond donors (Lipinski definition) is 3. The highest BCUT2D eigenvalue weighted by molar-refractivity contribution is 6.23. The Morgan fingerprint density at radius 3 is 2.48 bits per heavy atom. The molecule has 2 amide bonds. The zero-order valence-electron chi connectivity index (χ0n) is 15.5. The smallest absolute Gasteiger partial charge is 0.244 e. The van der Waals surface area contributed by atoms with Crippen molar-refractivity contribution in [2.75, 3.05) is 18.4 Å². The quantitative estimate of drug-likeness (QED) is 0.711. The maximum absolute atomic E-state index is 12.7. The Hall–Kier alpha value is -2.21. The van der Waals surface area contributed by atoms with E-state index in [2.05, 4.69) is 28.1 Å². The second kappa shape index (κ2) is 7.80. The fourth-order valence-electron chi connectivity index (χ4n) is 4.68. The van der Waals surface area contributed by atoms with Gasteiger partial charge in [-0.1, -0.05) is 31.4 Å². The molecule has 2 heterocycles. The minimum absolute atomic E-state index is 0.148. The molecule has 3 atom stereocenters. The molecule has 3 aliphatic rings. The van der Waals surface area contributed by atoms with Crippen molar-refractivity contribution in [2.45, 2.75) is 50.5 Å². The van der Waals surface area contributed by atoms with Crippen LogP contribution in [0, 0.1) is 11.8 Å². The van der Waals surface area contributed by atoms with Crippen molar-refractivity contribution in [1.29, 1.82) is 0 Å². The van der Waals surface area contributed by atoms with Crippen LogP contribution in [0.3, 0.4) is 0 Å². The van der Waals surface area contributed by atoms with Crippen molar-refractivity contribution in [3.05, 3.63) is 29.8 Å². The molecule has 2 saturated heterocycles. The molecule has 1 aromatic rings. The largest absolute Gasteiger partial charge is 0.351 e. The van der Waals surface area contributed by atoms with Gasteiger partial charge >= 0.3 is 0 Å². The lowest BCUT2D eigenvalue weighted by Crippen LogP contribution is -2.62. The summed E-state index contributed by atoms with van der Waals surface area (Å²) in [5.41, 5.74) is 1.93. The lowest BCUT2D eigenvalue weighted by atomic mass is 9.79. The summed E-state index contributed by atoms with van der Waals surface area (Å²) in [6.07, 6.45) is 7.04. The third-order valence-electron chi connectivity index (χ3n) is 6.24. The van der Waals surface area contributed by atoms with Crippen molar-refractivity contribution >= 4 is 23.3 Å². The number of rotatable bonds is 3. The standard InChI is InChI=1S/C21H27N3O3/c25-19-16-12-22-11-10-17(16)24-21(27)18(19)20(26)23-15-8-6-14(7-9-15)13-4-2-1-3-5-13/h6-9,13,16-18,22H,1-5,10-12H2,(H,23,26)(H,24,27). The summed E-state index contributed by atoms with van der Waals surface area (Å²) in [5.74, 6) is -2.26. The van der Waals surface area contributed by atoms with Crippen LogP contribution in [-0.2, 0) is 14.4 Å². The molecular weight excluding hydrogens is 342 g/mol. The van der Waals surface area contributed by atoms with Gasteiger partial charge < -0.3 is 16.0 Å². The van der Waals surface area contributed by atoms with E-state index in [-0.39, 0.29) is 17.7 Å². The molecular formula is C21H27N3O3. The Kier molecular flexibility index (Phi) is 5.25. The average molecular weight is 369 g/mol. The number of Topliss-reactive ketones (excluding diaryl/α,β-unsaturated/α-hetero) is 1. The number of carbonyl (C=O) groups is 3. The van der Waals surface area contributed by atoms with Gasteiger partial charge in [0, 0.05) is 18.3 Å². The second-order valence-corrected chi connectivity index (χ2v) is 8.00. The molecule has 0 spiro atoms. The van der Waals surface area contributed by atoms with E-state index in [1.807, 2.05) is 12.1 Å². The second-order valence-electron chi connectivity index (χ2n) is 8.00. The molecule has 3 N–H and O–H groups in total. The first-order valence-corrected chi connectivity index (χ1v) is 10.1. The number of amides is 2. The summed E-state index contributed by atoms with van der Waals surface area (Å²) < 4.78 is 0. The first-order valence-electron chi connectivity index (χ1n) is 10.1. The predicted octanol–water partition coefficient (Wildman–Crippen LogP) is 1.97. The van der Waals surface area contributed by atoms with Crippen LogP contribution in [0.2, 0.25) is 0 Å². The summed E-state index contributed by atoms with van der Waals surface area (Å²) in [6.45, 7) is 1.29. The highest BCUT2D eigenvalue weighted by atomic mass is 16.2. The topological polar surface area (TPSA) is 87.3 Å². The van der Waals surface area contributed by atoms with Crippen molar-refractivity contribution in [1.82, 2.24) is 10.6 Å². The van der Waals surface area contributed by atoms with Crippen molar-refractivity contribution < 1.29 is 14.4 Å². The third kappa shape index (κ3) is 3.76. The first-order chi connectivity index (χ1) is 13.1. The molecule has 6 nitrogen and oxygen atoms in total. The van der Waals surface area contributed by atoms with Gasteiger partial charge in [-0.25, -0.2) is 0 Å². The number of carbonyl (C=O) groups excluding carboxylic acids is 3. The van der Waals surface area contributed by atoms with Crippen LogP contribution in [0.4, 0.5) is 5.69 Å². The molecule has 27 heavy (non-hydrogen) atoms. The molecule has 1 saturated carbocycles. The molecule has 3 fully saturated rings. The molecule has 0 bridgehead atoms. The predicted molar refractivity (Wildman–Crippen MR) is 102 cm³/mol. The molecule has 1 aromatic carbocycles. The monoisotopic (exact) mass is 369 g/mol. The normalized spacial score (nSPS) is 29.0. The van der Waals surface area contributed by atoms with E-state index in [1.165, 1.54) is 37.7 Å². The van der Waals surface area contributed by atoms with Crippen LogP contribution in [-0.4, -0.2) is 36.7 Å². The molecule has 3 unspecified atom stereocenters. The SMILES string of the molecule is O=C(Nc1ccc(C2CCCCC2)cc1)C1C(=O)NC2CCNCC2C1=O. The van der Waals surface area contributed by atoms with Gasteiger partial charge in [-0.3, -0.25) is 14.4 Å². The molecule has 4 rings (SSSR count). The van der Waals surface area contributed by atoms with Gasteiger partial charge in [-0.2, -0.15) is 0 Å². The first kappa shape index (κ1) is 18.2. The van der Waals surface area contributed by atoms with E-state index in [4.69, 9.17) is 0 Å². The summed E-state index contributed by atoms with van der Waals surface area (Å²) in [4.78, 5) is 37.7. The van der Waals surface area contributed by atoms with Crippen molar-refractivity contribution in [3.63, 3.8) is 0 Å². The maximum Gasteiger partial charge on any atom is 0.244 e. The fraction of sp³-hybridized carbons (Fsp3) is 0.571. The molecule has 144 valence electrons. The summed E-state index contributed by atoms with van der Waals surface area (Å²) in [7, 11) is 0. The zero-order chi connectivity index (χ0) is 18.8. The Bertz CT molecular complexity index is 725. The third-order valence-corrected chi connectivity index (χ3v) is 6.24. The van der Waals surface area contributed by atoms with Crippen LogP contribution in [0.5, 0.6) is 0 Å². The van der Waals surface area contributed by atoms with Gasteiger partial charge in [0.2, 0.25) is 11.8 Å². The number of anilines is 1. The molecule has 0 radical (unpaired) electrons. The van der Waals surface area contributed by atoms with E-state index >= 15 is 0 Å². The molecule has 6 heteroatoms. The van der Waals surface area contributed by atoms with Crippen LogP contribution in [0.25, 0.3) is 0 Å². The van der Waals surface area contributed by atoms with E-state index < -0.39 is 17.7 Å². The van der Waals surface area contributed by atoms with Crippen LogP contribution < -0.4 is 16.0 Å². The highest BCUT2D eigenvalue weighted by Gasteiger charge is 2.47. The van der Waals surface area contributed by atoms with Gasteiger partial charge in [0.15, 0.2) is 11.7 Å². The summed E-state index contributed by atoms with van der Waals surface area (Å²) >= 11 is 0. The van der Waals surface area contributed by atoms with Crippen LogP contribution in [0.15, 0.2) is 24.3 Å². The Balaban J connectivity index is 1.42. The van der Waals surface area contributed by atoms with Crippen LogP contribution in [0.1, 0.15) is 50.0 Å². The van der Waals surface area contributed by atoms with E-state index in [0.29, 0.717) is 18.2 Å². The summed E-state index contributed by atoms with van der Waals surface area (Å²) in [6, 6.07) is 7.70. The van der Waals surface area contributed by atoms with Gasteiger partial charge in [0.1, 0.15) is 0 Å². The Morgan fingerprint density at radius 1 is 1.00 bits per heavy atom. The highest BCUT2D eigenvalue weighted by Crippen LogP contribution is 2.33. The summed E-state index contributed by atoms with van der Waals surface area (Å²) in [5, 5.41) is 8.79. The number of ketones is 1. The zero-order valence-corrected chi connectivity index (χ0v) is 15.5. The number of hydrogen-bond acceptors (Lipinski definition) is 4. The minimum atomic E-state index is -1.26. The number of nitrogens with one attached hydrogen (secondary N) is 3.